The number of nitrogens with zero attached hydrogens (tertiary/aromatic N) is 1. The molecule has 0 radical (unpaired) electrons. The predicted octanol–water partition coefficient (Wildman–Crippen LogP) is 4.27. The van der Waals surface area contributed by atoms with Crippen molar-refractivity contribution in [3.8, 4) is 0 Å². The minimum absolute atomic E-state index is 0.00145. The number of likely N-dealkylation sites (tertiary alicyclic amines) is 1. The van der Waals surface area contributed by atoms with Gasteiger partial charge in [-0.2, -0.15) is 13.2 Å². The zero-order chi connectivity index (χ0) is 17.7. The van der Waals surface area contributed by atoms with Crippen LogP contribution >= 0.6 is 0 Å². The highest BCUT2D eigenvalue weighted by molar-refractivity contribution is 5.89. The van der Waals surface area contributed by atoms with E-state index < -0.39 is 23.6 Å². The Morgan fingerprint density at radius 1 is 1.38 bits per heavy atom. The summed E-state index contributed by atoms with van der Waals surface area (Å²) < 4.78 is 56.3. The number of alkyl halides is 3. The first-order valence-corrected chi connectivity index (χ1v) is 7.76. The van der Waals surface area contributed by atoms with E-state index in [1.54, 1.807) is 12.0 Å². The number of ether oxygens (including phenoxy) is 1. The highest BCUT2D eigenvalue weighted by atomic mass is 19.4. The van der Waals surface area contributed by atoms with E-state index in [-0.39, 0.29) is 11.7 Å². The molecule has 8 heteroatoms. The molecular weight excluding hydrogens is 328 g/mol. The SMILES string of the molecule is COCCC1CCCCN1C(=O)Nc1ccc(C(F)(F)F)c(F)c1. The summed E-state index contributed by atoms with van der Waals surface area (Å²) in [6, 6.07) is 1.95. The smallest absolute Gasteiger partial charge is 0.385 e. The molecule has 1 fully saturated rings. The molecule has 1 saturated heterocycles. The Morgan fingerprint density at radius 2 is 2.12 bits per heavy atom. The summed E-state index contributed by atoms with van der Waals surface area (Å²) >= 11 is 0. The molecule has 2 amide bonds. The number of hydrogen-bond donors (Lipinski definition) is 1. The van der Waals surface area contributed by atoms with Crippen LogP contribution in [0.5, 0.6) is 0 Å². The van der Waals surface area contributed by atoms with Crippen molar-refractivity contribution in [3.63, 3.8) is 0 Å². The van der Waals surface area contributed by atoms with Gasteiger partial charge in [0.1, 0.15) is 5.82 Å². The van der Waals surface area contributed by atoms with Crippen LogP contribution in [0.15, 0.2) is 18.2 Å². The third kappa shape index (κ3) is 4.59. The molecule has 24 heavy (non-hydrogen) atoms. The molecule has 1 N–H and O–H groups in total. The van der Waals surface area contributed by atoms with Crippen LogP contribution in [-0.4, -0.2) is 37.2 Å². The number of nitrogens with one attached hydrogen (secondary N) is 1. The quantitative estimate of drug-likeness (QED) is 0.826. The molecule has 134 valence electrons. The topological polar surface area (TPSA) is 41.6 Å². The van der Waals surface area contributed by atoms with E-state index in [4.69, 9.17) is 4.74 Å². The second-order valence-corrected chi connectivity index (χ2v) is 5.75. The van der Waals surface area contributed by atoms with Gasteiger partial charge in [0.15, 0.2) is 0 Å². The molecule has 1 aromatic rings. The van der Waals surface area contributed by atoms with Crippen LogP contribution in [0.4, 0.5) is 28.0 Å². The van der Waals surface area contributed by atoms with E-state index in [2.05, 4.69) is 5.32 Å². The lowest BCUT2D eigenvalue weighted by Crippen LogP contribution is -2.46. The molecule has 2 rings (SSSR count). The number of hydrogen-bond acceptors (Lipinski definition) is 2. The van der Waals surface area contributed by atoms with Gasteiger partial charge in [0.05, 0.1) is 5.56 Å². The van der Waals surface area contributed by atoms with Crippen LogP contribution < -0.4 is 5.32 Å². The Kier molecular flexibility index (Phi) is 6.04. The van der Waals surface area contributed by atoms with Crippen molar-refractivity contribution in [2.24, 2.45) is 0 Å². The molecule has 0 aromatic heterocycles. The highest BCUT2D eigenvalue weighted by Crippen LogP contribution is 2.32. The van der Waals surface area contributed by atoms with Gasteiger partial charge in [-0.1, -0.05) is 0 Å². The molecule has 1 atom stereocenters. The van der Waals surface area contributed by atoms with E-state index in [1.165, 1.54) is 0 Å². The van der Waals surface area contributed by atoms with Gasteiger partial charge < -0.3 is 15.0 Å². The fraction of sp³-hybridized carbons (Fsp3) is 0.562. The summed E-state index contributed by atoms with van der Waals surface area (Å²) in [5.41, 5.74) is -1.35. The van der Waals surface area contributed by atoms with Gasteiger partial charge in [-0.05, 0) is 43.9 Å². The molecule has 1 unspecified atom stereocenters. The van der Waals surface area contributed by atoms with Crippen molar-refractivity contribution < 1.29 is 27.1 Å². The highest BCUT2D eigenvalue weighted by Gasteiger charge is 2.34. The number of piperidine rings is 1. The summed E-state index contributed by atoms with van der Waals surface area (Å²) in [5, 5.41) is 2.48. The number of halogens is 4. The Hall–Kier alpha value is -1.83. The molecule has 4 nitrogen and oxygen atoms in total. The number of carbonyl (C=O) groups excluding carboxylic acids is 1. The number of anilines is 1. The average molecular weight is 348 g/mol. The minimum Gasteiger partial charge on any atom is -0.385 e. The van der Waals surface area contributed by atoms with E-state index in [1.807, 2.05) is 0 Å². The largest absolute Gasteiger partial charge is 0.419 e. The number of carbonyl (C=O) groups is 1. The monoisotopic (exact) mass is 348 g/mol. The lowest BCUT2D eigenvalue weighted by atomic mass is 10.00. The van der Waals surface area contributed by atoms with Gasteiger partial charge in [-0.25, -0.2) is 9.18 Å². The fourth-order valence-corrected chi connectivity index (χ4v) is 2.84. The number of rotatable bonds is 4. The standard InChI is InChI=1S/C16H20F4N2O2/c1-24-9-7-12-4-2-3-8-22(12)15(23)21-11-5-6-13(14(17)10-11)16(18,19)20/h5-6,10,12H,2-4,7-9H2,1H3,(H,21,23). The van der Waals surface area contributed by atoms with Crippen molar-refractivity contribution in [1.29, 1.82) is 0 Å². The Labute approximate surface area is 137 Å². The van der Waals surface area contributed by atoms with Crippen LogP contribution in [0.3, 0.4) is 0 Å². The molecular formula is C16H20F4N2O2. The third-order valence-electron chi connectivity index (χ3n) is 4.07. The Bertz CT molecular complexity index is 578. The normalized spacial score (nSPS) is 18.5. The summed E-state index contributed by atoms with van der Waals surface area (Å²) in [6.07, 6.45) is -1.36. The van der Waals surface area contributed by atoms with E-state index in [0.717, 1.165) is 25.3 Å². The van der Waals surface area contributed by atoms with Crippen LogP contribution in [0.1, 0.15) is 31.2 Å². The average Bonchev–Trinajstić information content (AvgIpc) is 2.52. The molecule has 0 bridgehead atoms. The zero-order valence-electron chi connectivity index (χ0n) is 13.3. The van der Waals surface area contributed by atoms with Crippen LogP contribution in [-0.2, 0) is 10.9 Å². The number of methoxy groups -OCH3 is 1. The van der Waals surface area contributed by atoms with Crippen molar-refractivity contribution >= 4 is 11.7 Å². The second kappa shape index (κ2) is 7.83. The maximum Gasteiger partial charge on any atom is 0.419 e. The summed E-state index contributed by atoms with van der Waals surface area (Å²) in [6.45, 7) is 1.08. The van der Waals surface area contributed by atoms with Gasteiger partial charge in [0.25, 0.3) is 0 Å². The van der Waals surface area contributed by atoms with Gasteiger partial charge >= 0.3 is 12.2 Å². The van der Waals surface area contributed by atoms with Crippen molar-refractivity contribution in [1.82, 2.24) is 4.90 Å². The van der Waals surface area contributed by atoms with E-state index in [9.17, 15) is 22.4 Å². The lowest BCUT2D eigenvalue weighted by molar-refractivity contribution is -0.139. The molecule has 1 heterocycles. The Morgan fingerprint density at radius 3 is 2.75 bits per heavy atom. The number of benzene rings is 1. The predicted molar refractivity (Wildman–Crippen MR) is 81.3 cm³/mol. The first-order chi connectivity index (χ1) is 11.3. The first-order valence-electron chi connectivity index (χ1n) is 7.76. The van der Waals surface area contributed by atoms with Crippen molar-refractivity contribution in [3.05, 3.63) is 29.6 Å². The minimum atomic E-state index is -4.76. The van der Waals surface area contributed by atoms with Crippen molar-refractivity contribution in [2.45, 2.75) is 37.9 Å². The molecule has 0 spiro atoms. The molecule has 0 aliphatic carbocycles. The summed E-state index contributed by atoms with van der Waals surface area (Å²) in [5.74, 6) is -1.41. The first kappa shape index (κ1) is 18.5. The summed E-state index contributed by atoms with van der Waals surface area (Å²) in [7, 11) is 1.58. The number of urea groups is 1. The van der Waals surface area contributed by atoms with E-state index >= 15 is 0 Å². The van der Waals surface area contributed by atoms with Gasteiger partial charge in [0, 0.05) is 32.0 Å². The molecule has 0 saturated carbocycles. The second-order valence-electron chi connectivity index (χ2n) is 5.75. The van der Waals surface area contributed by atoms with E-state index in [0.29, 0.717) is 31.7 Å². The van der Waals surface area contributed by atoms with Gasteiger partial charge in [0.2, 0.25) is 0 Å². The maximum atomic E-state index is 13.6. The van der Waals surface area contributed by atoms with Gasteiger partial charge in [-0.3, -0.25) is 0 Å². The summed E-state index contributed by atoms with van der Waals surface area (Å²) in [4.78, 5) is 14.0. The maximum absolute atomic E-state index is 13.6. The molecule has 1 aromatic carbocycles. The number of amides is 2. The molecule has 1 aliphatic heterocycles. The van der Waals surface area contributed by atoms with Crippen LogP contribution in [0, 0.1) is 5.82 Å². The van der Waals surface area contributed by atoms with Gasteiger partial charge in [-0.15, -0.1) is 0 Å². The lowest BCUT2D eigenvalue weighted by Gasteiger charge is -2.35. The fourth-order valence-electron chi connectivity index (χ4n) is 2.84. The third-order valence-corrected chi connectivity index (χ3v) is 4.07. The Balaban J connectivity index is 2.06. The zero-order valence-corrected chi connectivity index (χ0v) is 13.3. The van der Waals surface area contributed by atoms with Crippen LogP contribution in [0.2, 0.25) is 0 Å². The van der Waals surface area contributed by atoms with Crippen molar-refractivity contribution in [2.75, 3.05) is 25.6 Å². The molecule has 1 aliphatic rings. The van der Waals surface area contributed by atoms with Crippen LogP contribution in [0.25, 0.3) is 0 Å².